The summed E-state index contributed by atoms with van der Waals surface area (Å²) < 4.78 is 56.1. The second-order valence-electron chi connectivity index (χ2n) is 16.0. The highest BCUT2D eigenvalue weighted by Crippen LogP contribution is 2.39. The van der Waals surface area contributed by atoms with E-state index in [1.54, 1.807) is 30.3 Å². The first-order valence-electron chi connectivity index (χ1n) is 21.4. The zero-order chi connectivity index (χ0) is 44.8. The maximum absolute atomic E-state index is 12.8. The van der Waals surface area contributed by atoms with Gasteiger partial charge in [-0.2, -0.15) is 20.5 Å². The molecule has 0 saturated carbocycles. The Morgan fingerprint density at radius 2 is 1.41 bits per heavy atom. The minimum absolute atomic E-state index is 0.0540. The van der Waals surface area contributed by atoms with E-state index in [0.29, 0.717) is 96.4 Å². The quantitative estimate of drug-likeness (QED) is 0.120. The highest BCUT2D eigenvalue weighted by molar-refractivity contribution is 7.89. The Labute approximate surface area is 372 Å². The molecule has 1 unspecified atom stereocenters. The number of benzene rings is 4. The van der Waals surface area contributed by atoms with E-state index in [2.05, 4.69) is 48.1 Å². The number of nitrogens with zero attached hydrogens (tertiary/aromatic N) is 7. The lowest BCUT2D eigenvalue weighted by molar-refractivity contribution is 0.0408. The van der Waals surface area contributed by atoms with E-state index in [4.69, 9.17) is 29.0 Å². The summed E-state index contributed by atoms with van der Waals surface area (Å²) in [6, 6.07) is 26.3. The predicted molar refractivity (Wildman–Crippen MR) is 237 cm³/mol. The number of fused-ring (bicyclic) bond motifs is 2. The summed E-state index contributed by atoms with van der Waals surface area (Å²) in [4.78, 5) is 11.2. The van der Waals surface area contributed by atoms with Gasteiger partial charge < -0.3 is 29.0 Å². The van der Waals surface area contributed by atoms with Gasteiger partial charge in [-0.15, -0.1) is 0 Å². The van der Waals surface area contributed by atoms with Crippen LogP contribution in [0.1, 0.15) is 79.1 Å². The van der Waals surface area contributed by atoms with Gasteiger partial charge in [-0.05, 0) is 105 Å². The fourth-order valence-corrected chi connectivity index (χ4v) is 9.57. The van der Waals surface area contributed by atoms with E-state index in [1.807, 2.05) is 57.2 Å². The van der Waals surface area contributed by atoms with Gasteiger partial charge in [0.15, 0.2) is 0 Å². The van der Waals surface area contributed by atoms with E-state index >= 15 is 0 Å². The van der Waals surface area contributed by atoms with E-state index in [0.717, 1.165) is 53.7 Å². The third-order valence-corrected chi connectivity index (χ3v) is 12.7. The van der Waals surface area contributed by atoms with Crippen molar-refractivity contribution < 1.29 is 31.7 Å². The molecule has 0 radical (unpaired) electrons. The van der Waals surface area contributed by atoms with Gasteiger partial charge in [0.05, 0.1) is 42.8 Å². The smallest absolute Gasteiger partial charge is 0.258 e. The minimum Gasteiger partial charge on any atom is -0.492 e. The maximum atomic E-state index is 12.8. The highest BCUT2D eigenvalue weighted by atomic mass is 32.2. The summed E-state index contributed by atoms with van der Waals surface area (Å²) in [5, 5.41) is 27.2. The van der Waals surface area contributed by atoms with Crippen molar-refractivity contribution in [1.29, 1.82) is 10.5 Å². The normalized spacial score (nSPS) is 16.9. The number of nitrogens with two attached hydrogens (primary N) is 1. The standard InChI is InChI=1S/C27H31N5O5S.C20H18N4O2/c1-18(2)36-25-9-6-19(16-20(25)17-28)27-29-26(30-37-27)23-5-3-4-22-21(23)7-8-24(22)31-38(33,34)15-12-32-10-13-35-14-11-32;1-2-25-18-9-6-12(10-13(18)11-21)20-23-19(24-26-20)16-5-3-4-15-14(16)7-8-17(15)22/h3-6,9,16,18,24,31H,7-8,10-15H2,1-2H3;3-6,9-10,17H,2,7-8,22H2,1H3/t;17-/m.1/s1. The predicted octanol–water partition coefficient (Wildman–Crippen LogP) is 6.92. The molecule has 9 rings (SSSR count). The van der Waals surface area contributed by atoms with Gasteiger partial charge in [0.1, 0.15) is 23.6 Å². The number of hydrogen-bond acceptors (Lipinski definition) is 15. The van der Waals surface area contributed by atoms with E-state index < -0.39 is 10.0 Å². The Hall–Kier alpha value is -6.47. The Morgan fingerprint density at radius 3 is 2.02 bits per heavy atom. The molecular formula is C47H49N9O7S. The van der Waals surface area contributed by atoms with Gasteiger partial charge in [0.2, 0.25) is 21.7 Å². The van der Waals surface area contributed by atoms with Crippen molar-refractivity contribution in [1.82, 2.24) is 29.9 Å². The number of aromatic nitrogens is 4. The molecule has 64 heavy (non-hydrogen) atoms. The van der Waals surface area contributed by atoms with E-state index in [1.165, 1.54) is 5.56 Å². The molecule has 2 aliphatic carbocycles. The van der Waals surface area contributed by atoms with Gasteiger partial charge in [-0.3, -0.25) is 4.90 Å². The van der Waals surface area contributed by atoms with Crippen molar-refractivity contribution >= 4 is 10.0 Å². The van der Waals surface area contributed by atoms with Crippen LogP contribution in [0.3, 0.4) is 0 Å². The first kappa shape index (κ1) is 44.1. The third-order valence-electron chi connectivity index (χ3n) is 11.4. The first-order chi connectivity index (χ1) is 31.0. The summed E-state index contributed by atoms with van der Waals surface area (Å²) in [6.45, 7) is 9.46. The van der Waals surface area contributed by atoms with Crippen molar-refractivity contribution in [2.24, 2.45) is 5.73 Å². The lowest BCUT2D eigenvalue weighted by atomic mass is 10.0. The van der Waals surface area contributed by atoms with Crippen molar-refractivity contribution in [2.45, 2.75) is 64.6 Å². The van der Waals surface area contributed by atoms with Crippen LogP contribution in [0.2, 0.25) is 0 Å². The van der Waals surface area contributed by atoms with Crippen molar-refractivity contribution in [2.75, 3.05) is 45.2 Å². The number of morpholine rings is 1. The molecule has 6 aromatic rings. The monoisotopic (exact) mass is 883 g/mol. The van der Waals surface area contributed by atoms with Gasteiger partial charge in [-0.25, -0.2) is 13.1 Å². The third kappa shape index (κ3) is 9.84. The van der Waals surface area contributed by atoms with Crippen LogP contribution in [-0.2, 0) is 27.6 Å². The lowest BCUT2D eigenvalue weighted by Gasteiger charge is -2.26. The Bertz CT molecular complexity index is 2820. The fraction of sp³-hybridized carbons (Fsp3) is 0.362. The average molecular weight is 884 g/mol. The first-order valence-corrected chi connectivity index (χ1v) is 23.0. The molecule has 3 heterocycles. The molecule has 3 N–H and O–H groups in total. The lowest BCUT2D eigenvalue weighted by Crippen LogP contribution is -2.41. The zero-order valence-electron chi connectivity index (χ0n) is 35.9. The van der Waals surface area contributed by atoms with Crippen LogP contribution in [0.25, 0.3) is 45.7 Å². The number of rotatable bonds is 13. The summed E-state index contributed by atoms with van der Waals surface area (Å²) in [6.07, 6.45) is 3.16. The van der Waals surface area contributed by atoms with Crippen LogP contribution >= 0.6 is 0 Å². The molecule has 0 spiro atoms. The van der Waals surface area contributed by atoms with Gasteiger partial charge >= 0.3 is 0 Å². The molecule has 17 heteroatoms. The molecule has 3 aliphatic rings. The molecule has 2 aromatic heterocycles. The largest absolute Gasteiger partial charge is 0.492 e. The topological polar surface area (TPSA) is 229 Å². The minimum atomic E-state index is -3.45. The second-order valence-corrected chi connectivity index (χ2v) is 17.8. The number of nitrogens with one attached hydrogen (secondary N) is 1. The molecule has 1 fully saturated rings. The van der Waals surface area contributed by atoms with Gasteiger partial charge in [0.25, 0.3) is 11.8 Å². The molecule has 330 valence electrons. The maximum Gasteiger partial charge on any atom is 0.258 e. The van der Waals surface area contributed by atoms with Crippen LogP contribution in [0.5, 0.6) is 11.5 Å². The Kier molecular flexibility index (Phi) is 13.5. The average Bonchev–Trinajstić information content (AvgIpc) is 4.15. The molecule has 2 atom stereocenters. The molecule has 1 saturated heterocycles. The van der Waals surface area contributed by atoms with Crippen molar-refractivity contribution in [3.8, 4) is 69.3 Å². The van der Waals surface area contributed by atoms with Crippen molar-refractivity contribution in [3.63, 3.8) is 0 Å². The van der Waals surface area contributed by atoms with Gasteiger partial charge in [-0.1, -0.05) is 46.7 Å². The molecule has 4 aromatic carbocycles. The molecular weight excluding hydrogens is 835 g/mol. The Morgan fingerprint density at radius 1 is 0.828 bits per heavy atom. The Balaban J connectivity index is 0.000000188. The zero-order valence-corrected chi connectivity index (χ0v) is 36.7. The summed E-state index contributed by atoms with van der Waals surface area (Å²) in [5.74, 6) is 2.74. The SMILES string of the molecule is CC(C)Oc1ccc(-c2nc(-c3cccc4c3CCC4NS(=O)(=O)CCN3CCOCC3)no2)cc1C#N.CCOc1ccc(-c2nc(-c3cccc4c3CC[C@H]4N)no2)cc1C#N. The summed E-state index contributed by atoms with van der Waals surface area (Å²) >= 11 is 0. The molecule has 16 nitrogen and oxygen atoms in total. The van der Waals surface area contributed by atoms with E-state index in [9.17, 15) is 18.9 Å². The molecule has 1 aliphatic heterocycles. The number of sulfonamides is 1. The number of ether oxygens (including phenoxy) is 3. The number of hydrogen-bond donors (Lipinski definition) is 2. The number of nitriles is 2. The van der Waals surface area contributed by atoms with Crippen LogP contribution < -0.4 is 19.9 Å². The molecule has 0 bridgehead atoms. The fourth-order valence-electron chi connectivity index (χ4n) is 8.27. The highest BCUT2D eigenvalue weighted by Gasteiger charge is 2.30. The van der Waals surface area contributed by atoms with Crippen molar-refractivity contribution in [3.05, 3.63) is 106 Å². The van der Waals surface area contributed by atoms with E-state index in [-0.39, 0.29) is 23.9 Å². The summed E-state index contributed by atoms with van der Waals surface area (Å²) in [5.41, 5.74) is 14.4. The van der Waals surface area contributed by atoms with Crippen LogP contribution in [0, 0.1) is 22.7 Å². The van der Waals surface area contributed by atoms with Crippen LogP contribution in [-0.4, -0.2) is 84.9 Å². The second kappa shape index (κ2) is 19.5. The van der Waals surface area contributed by atoms with Gasteiger partial charge in [0, 0.05) is 54.0 Å². The summed E-state index contributed by atoms with van der Waals surface area (Å²) in [7, 11) is -3.45. The molecule has 0 amide bonds. The van der Waals surface area contributed by atoms with Crippen LogP contribution in [0.15, 0.2) is 81.8 Å². The van der Waals surface area contributed by atoms with Crippen LogP contribution in [0.4, 0.5) is 0 Å².